The van der Waals surface area contributed by atoms with Gasteiger partial charge in [-0.1, -0.05) is 42.9 Å². The third-order valence-electron chi connectivity index (χ3n) is 3.80. The van der Waals surface area contributed by atoms with Gasteiger partial charge in [-0.25, -0.2) is 14.6 Å². The van der Waals surface area contributed by atoms with Crippen LogP contribution in [-0.2, 0) is 9.59 Å². The Morgan fingerprint density at radius 1 is 1.30 bits per heavy atom. The van der Waals surface area contributed by atoms with Crippen LogP contribution in [0.5, 0.6) is 0 Å². The van der Waals surface area contributed by atoms with E-state index in [0.717, 1.165) is 9.60 Å². The molecule has 146 valence electrons. The minimum atomic E-state index is -1.37. The number of carbonyl (C=O) groups is 3. The quantitative estimate of drug-likeness (QED) is 0.606. The van der Waals surface area contributed by atoms with Crippen molar-refractivity contribution in [2.45, 2.75) is 32.7 Å². The SMILES string of the molecule is CC(C)CC(C(=O)O)N(CCC(=O)Nc1nc2c(Cl)cccc2s1)C(=O)O. The molecule has 0 fully saturated rings. The Bertz CT molecular complexity index is 854. The summed E-state index contributed by atoms with van der Waals surface area (Å²) in [7, 11) is 0. The van der Waals surface area contributed by atoms with Crippen molar-refractivity contribution in [1.82, 2.24) is 9.88 Å². The van der Waals surface area contributed by atoms with E-state index < -0.39 is 24.0 Å². The average Bonchev–Trinajstić information content (AvgIpc) is 2.97. The van der Waals surface area contributed by atoms with E-state index in [0.29, 0.717) is 15.7 Å². The number of halogens is 1. The zero-order chi connectivity index (χ0) is 20.1. The maximum Gasteiger partial charge on any atom is 0.408 e. The number of amides is 2. The monoisotopic (exact) mass is 413 g/mol. The Morgan fingerprint density at radius 2 is 2.00 bits per heavy atom. The summed E-state index contributed by atoms with van der Waals surface area (Å²) in [6, 6.07) is 4.10. The van der Waals surface area contributed by atoms with Crippen LogP contribution in [0.25, 0.3) is 10.2 Å². The van der Waals surface area contributed by atoms with E-state index in [1.165, 1.54) is 11.3 Å². The first-order valence-corrected chi connectivity index (χ1v) is 9.45. The highest BCUT2D eigenvalue weighted by Gasteiger charge is 2.30. The number of carboxylic acid groups (broad SMARTS) is 2. The number of hydrogen-bond acceptors (Lipinski definition) is 5. The number of para-hydroxylation sites is 1. The van der Waals surface area contributed by atoms with Gasteiger partial charge in [0.05, 0.1) is 9.72 Å². The first-order valence-electron chi connectivity index (χ1n) is 8.26. The van der Waals surface area contributed by atoms with E-state index in [1.807, 2.05) is 6.07 Å². The molecule has 0 saturated heterocycles. The fourth-order valence-corrected chi connectivity index (χ4v) is 3.75. The predicted molar refractivity (Wildman–Crippen MR) is 103 cm³/mol. The summed E-state index contributed by atoms with van der Waals surface area (Å²) in [5.74, 6) is -1.69. The zero-order valence-electron chi connectivity index (χ0n) is 14.8. The third-order valence-corrected chi connectivity index (χ3v) is 5.04. The number of hydrogen-bond donors (Lipinski definition) is 3. The number of benzene rings is 1. The maximum absolute atomic E-state index is 12.2. The zero-order valence-corrected chi connectivity index (χ0v) is 16.4. The Kier molecular flexibility index (Phi) is 6.98. The summed E-state index contributed by atoms with van der Waals surface area (Å²) >= 11 is 7.30. The molecular weight excluding hydrogens is 394 g/mol. The fraction of sp³-hybridized carbons (Fsp3) is 0.412. The lowest BCUT2D eigenvalue weighted by Gasteiger charge is -2.27. The largest absolute Gasteiger partial charge is 0.480 e. The van der Waals surface area contributed by atoms with Gasteiger partial charge in [-0.3, -0.25) is 9.69 Å². The Hall–Kier alpha value is -2.39. The Balaban J connectivity index is 2.03. The molecule has 0 aliphatic carbocycles. The molecule has 1 atom stereocenters. The van der Waals surface area contributed by atoms with Crippen LogP contribution in [0.15, 0.2) is 18.2 Å². The first kappa shape index (κ1) is 20.9. The molecule has 27 heavy (non-hydrogen) atoms. The smallest absolute Gasteiger partial charge is 0.408 e. The molecule has 0 aliphatic rings. The van der Waals surface area contributed by atoms with E-state index in [4.69, 9.17) is 11.6 Å². The lowest BCUT2D eigenvalue weighted by molar-refractivity contribution is -0.143. The van der Waals surface area contributed by atoms with E-state index in [9.17, 15) is 24.6 Å². The standard InChI is InChI=1S/C17H20ClN3O5S/c1-9(2)8-11(15(23)24)21(17(25)26)7-6-13(22)19-16-20-14-10(18)4-3-5-12(14)27-16/h3-5,9,11H,6-8H2,1-2H3,(H,23,24)(H,25,26)(H,19,20,22). The normalized spacial score (nSPS) is 12.1. The minimum absolute atomic E-state index is 0.00530. The first-order chi connectivity index (χ1) is 12.7. The van der Waals surface area contributed by atoms with Gasteiger partial charge in [-0.15, -0.1) is 0 Å². The van der Waals surface area contributed by atoms with Gasteiger partial charge >= 0.3 is 12.1 Å². The number of carboxylic acids is 1. The van der Waals surface area contributed by atoms with Crippen molar-refractivity contribution < 1.29 is 24.6 Å². The Labute approximate surface area is 164 Å². The van der Waals surface area contributed by atoms with Gasteiger partial charge < -0.3 is 15.5 Å². The molecular formula is C17H20ClN3O5S. The molecule has 1 aromatic carbocycles. The molecule has 2 rings (SSSR count). The van der Waals surface area contributed by atoms with Crippen LogP contribution in [0, 0.1) is 5.92 Å². The highest BCUT2D eigenvalue weighted by Crippen LogP contribution is 2.30. The molecule has 1 unspecified atom stereocenters. The van der Waals surface area contributed by atoms with Crippen LogP contribution in [0.2, 0.25) is 5.02 Å². The van der Waals surface area contributed by atoms with Crippen molar-refractivity contribution in [2.75, 3.05) is 11.9 Å². The number of nitrogens with one attached hydrogen (secondary N) is 1. The average molecular weight is 414 g/mol. The fourth-order valence-electron chi connectivity index (χ4n) is 2.56. The number of anilines is 1. The van der Waals surface area contributed by atoms with E-state index in [2.05, 4.69) is 10.3 Å². The summed E-state index contributed by atoms with van der Waals surface area (Å²) in [4.78, 5) is 40.1. The van der Waals surface area contributed by atoms with Crippen LogP contribution >= 0.6 is 22.9 Å². The van der Waals surface area contributed by atoms with E-state index in [-0.39, 0.29) is 25.3 Å². The third kappa shape index (κ3) is 5.54. The molecule has 1 aromatic heterocycles. The molecule has 8 nitrogen and oxygen atoms in total. The molecule has 2 amide bonds. The van der Waals surface area contributed by atoms with Gasteiger partial charge in [0.25, 0.3) is 0 Å². The number of rotatable bonds is 8. The summed E-state index contributed by atoms with van der Waals surface area (Å²) < 4.78 is 0.813. The van der Waals surface area contributed by atoms with Crippen LogP contribution in [0.3, 0.4) is 0 Å². The van der Waals surface area contributed by atoms with Gasteiger partial charge in [0, 0.05) is 13.0 Å². The molecule has 1 heterocycles. The van der Waals surface area contributed by atoms with Gasteiger partial charge in [0.2, 0.25) is 5.91 Å². The second kappa shape index (κ2) is 9.01. The molecule has 10 heteroatoms. The van der Waals surface area contributed by atoms with E-state index >= 15 is 0 Å². The van der Waals surface area contributed by atoms with Crippen molar-refractivity contribution in [2.24, 2.45) is 5.92 Å². The molecule has 0 radical (unpaired) electrons. The minimum Gasteiger partial charge on any atom is -0.480 e. The summed E-state index contributed by atoms with van der Waals surface area (Å²) in [5, 5.41) is 22.1. The van der Waals surface area contributed by atoms with Crippen LogP contribution in [0.4, 0.5) is 9.93 Å². The van der Waals surface area contributed by atoms with Crippen LogP contribution < -0.4 is 5.32 Å². The van der Waals surface area contributed by atoms with Crippen molar-refractivity contribution in [3.8, 4) is 0 Å². The highest BCUT2D eigenvalue weighted by molar-refractivity contribution is 7.22. The molecule has 0 aliphatic heterocycles. The molecule has 0 saturated carbocycles. The topological polar surface area (TPSA) is 120 Å². The van der Waals surface area contributed by atoms with Crippen LogP contribution in [0.1, 0.15) is 26.7 Å². The van der Waals surface area contributed by atoms with Gasteiger partial charge in [-0.05, 0) is 24.5 Å². The number of nitrogens with zero attached hydrogens (tertiary/aromatic N) is 2. The van der Waals surface area contributed by atoms with Crippen molar-refractivity contribution in [1.29, 1.82) is 0 Å². The van der Waals surface area contributed by atoms with E-state index in [1.54, 1.807) is 26.0 Å². The van der Waals surface area contributed by atoms with Crippen molar-refractivity contribution in [3.63, 3.8) is 0 Å². The molecule has 3 N–H and O–H groups in total. The van der Waals surface area contributed by atoms with Crippen molar-refractivity contribution >= 4 is 56.3 Å². The number of carbonyl (C=O) groups excluding carboxylic acids is 1. The number of fused-ring (bicyclic) bond motifs is 1. The predicted octanol–water partition coefficient (Wildman–Crippen LogP) is 3.76. The number of aliphatic carboxylic acids is 1. The summed E-state index contributed by atoms with van der Waals surface area (Å²) in [5.41, 5.74) is 0.578. The number of thiazole rings is 1. The summed E-state index contributed by atoms with van der Waals surface area (Å²) in [6.07, 6.45) is -1.39. The second-order valence-electron chi connectivity index (χ2n) is 6.36. The molecule has 0 bridgehead atoms. The van der Waals surface area contributed by atoms with Gasteiger partial charge in [0.1, 0.15) is 11.6 Å². The van der Waals surface area contributed by atoms with Gasteiger partial charge in [0.15, 0.2) is 5.13 Å². The van der Waals surface area contributed by atoms with Crippen LogP contribution in [-0.4, -0.2) is 50.7 Å². The lowest BCUT2D eigenvalue weighted by Crippen LogP contribution is -2.46. The molecule has 2 aromatic rings. The summed E-state index contributed by atoms with van der Waals surface area (Å²) in [6.45, 7) is 3.39. The second-order valence-corrected chi connectivity index (χ2v) is 7.80. The highest BCUT2D eigenvalue weighted by atomic mass is 35.5. The lowest BCUT2D eigenvalue weighted by atomic mass is 10.0. The Morgan fingerprint density at radius 3 is 2.56 bits per heavy atom. The maximum atomic E-state index is 12.2. The number of aromatic nitrogens is 1. The van der Waals surface area contributed by atoms with Crippen molar-refractivity contribution in [3.05, 3.63) is 23.2 Å². The molecule has 0 spiro atoms. The van der Waals surface area contributed by atoms with Gasteiger partial charge in [-0.2, -0.15) is 0 Å².